The fourth-order valence-corrected chi connectivity index (χ4v) is 4.92. The van der Waals surface area contributed by atoms with Crippen molar-refractivity contribution in [1.82, 2.24) is 19.9 Å². The quantitative estimate of drug-likeness (QED) is 0.670. The van der Waals surface area contributed by atoms with Crippen molar-refractivity contribution in [2.24, 2.45) is 0 Å². The largest absolute Gasteiger partial charge is 0.444 e. The summed E-state index contributed by atoms with van der Waals surface area (Å²) >= 11 is 0. The van der Waals surface area contributed by atoms with E-state index in [2.05, 4.69) is 21.0 Å². The lowest BCUT2D eigenvalue weighted by atomic mass is 9.66. The molecule has 3 aliphatic rings. The van der Waals surface area contributed by atoms with E-state index in [1.165, 1.54) is 11.2 Å². The molecule has 2 aromatic rings. The van der Waals surface area contributed by atoms with E-state index in [0.717, 1.165) is 30.6 Å². The number of hydrogen-bond donors (Lipinski definition) is 0. The third kappa shape index (κ3) is 3.71. The molecule has 2 amide bonds. The molecule has 0 unspecified atom stereocenters. The van der Waals surface area contributed by atoms with Gasteiger partial charge >= 0.3 is 6.09 Å². The number of nitriles is 1. The summed E-state index contributed by atoms with van der Waals surface area (Å²) in [5.74, 6) is 1.80. The SMILES string of the molecule is CC(C)(C)OC(=O)N1CCN(c2ncnc3c2C2(CCC2)CN3c2cc(C#N)ccn2)C(=O)C1. The zero-order chi connectivity index (χ0) is 24.1. The number of ether oxygens (including phenoxy) is 1. The number of hydrogen-bond acceptors (Lipinski definition) is 8. The summed E-state index contributed by atoms with van der Waals surface area (Å²) < 4.78 is 5.44. The molecule has 1 aliphatic carbocycles. The molecule has 1 saturated heterocycles. The van der Waals surface area contributed by atoms with Crippen molar-refractivity contribution in [2.45, 2.75) is 51.0 Å². The Balaban J connectivity index is 1.46. The van der Waals surface area contributed by atoms with E-state index >= 15 is 0 Å². The van der Waals surface area contributed by atoms with Crippen LogP contribution < -0.4 is 9.80 Å². The van der Waals surface area contributed by atoms with E-state index < -0.39 is 11.7 Å². The van der Waals surface area contributed by atoms with Gasteiger partial charge in [0.1, 0.15) is 35.9 Å². The topological polar surface area (TPSA) is 116 Å². The van der Waals surface area contributed by atoms with Crippen LogP contribution in [0.5, 0.6) is 0 Å². The second kappa shape index (κ2) is 7.94. The van der Waals surface area contributed by atoms with Gasteiger partial charge < -0.3 is 9.64 Å². The van der Waals surface area contributed by atoms with E-state index in [1.807, 2.05) is 4.90 Å². The molecule has 34 heavy (non-hydrogen) atoms. The van der Waals surface area contributed by atoms with Gasteiger partial charge in [0.25, 0.3) is 0 Å². The second-order valence-electron chi connectivity index (χ2n) is 10.1. The maximum absolute atomic E-state index is 13.2. The first-order valence-electron chi connectivity index (χ1n) is 11.5. The number of nitrogens with zero attached hydrogens (tertiary/aromatic N) is 7. The number of amides is 2. The van der Waals surface area contributed by atoms with E-state index in [4.69, 9.17) is 4.74 Å². The second-order valence-corrected chi connectivity index (χ2v) is 10.1. The summed E-state index contributed by atoms with van der Waals surface area (Å²) in [5.41, 5.74) is 0.717. The van der Waals surface area contributed by atoms with Crippen LogP contribution in [-0.4, -0.2) is 63.6 Å². The smallest absolute Gasteiger partial charge is 0.410 e. The lowest BCUT2D eigenvalue weighted by Gasteiger charge is -2.41. The van der Waals surface area contributed by atoms with Gasteiger partial charge in [-0.2, -0.15) is 5.26 Å². The van der Waals surface area contributed by atoms with Crippen LogP contribution in [0, 0.1) is 11.3 Å². The average molecular weight is 462 g/mol. The van der Waals surface area contributed by atoms with Gasteiger partial charge in [-0.25, -0.2) is 19.7 Å². The number of carbonyl (C=O) groups is 2. The normalized spacial score (nSPS) is 19.0. The first kappa shape index (κ1) is 22.1. The molecule has 10 heteroatoms. The minimum Gasteiger partial charge on any atom is -0.444 e. The van der Waals surface area contributed by atoms with Crippen LogP contribution in [-0.2, 0) is 14.9 Å². The molecule has 10 nitrogen and oxygen atoms in total. The predicted molar refractivity (Wildman–Crippen MR) is 124 cm³/mol. The minimum absolute atomic E-state index is 0.0594. The molecule has 0 N–H and O–H groups in total. The highest BCUT2D eigenvalue weighted by atomic mass is 16.6. The molecule has 0 atom stereocenters. The molecule has 4 heterocycles. The monoisotopic (exact) mass is 461 g/mol. The number of piperazine rings is 1. The summed E-state index contributed by atoms with van der Waals surface area (Å²) in [6, 6.07) is 5.60. The van der Waals surface area contributed by atoms with Crippen LogP contribution in [0.3, 0.4) is 0 Å². The zero-order valence-corrected chi connectivity index (χ0v) is 19.6. The number of fused-ring (bicyclic) bond motifs is 2. The summed E-state index contributed by atoms with van der Waals surface area (Å²) in [7, 11) is 0. The van der Waals surface area contributed by atoms with Crippen molar-refractivity contribution in [2.75, 3.05) is 36.0 Å². The lowest BCUT2D eigenvalue weighted by Crippen LogP contribution is -2.54. The fourth-order valence-electron chi connectivity index (χ4n) is 4.92. The molecule has 2 fully saturated rings. The van der Waals surface area contributed by atoms with Crippen molar-refractivity contribution in [3.8, 4) is 6.07 Å². The van der Waals surface area contributed by atoms with E-state index in [9.17, 15) is 14.9 Å². The van der Waals surface area contributed by atoms with Gasteiger partial charge in [-0.15, -0.1) is 0 Å². The van der Waals surface area contributed by atoms with Crippen molar-refractivity contribution >= 4 is 29.5 Å². The molecule has 1 spiro atoms. The first-order valence-corrected chi connectivity index (χ1v) is 11.5. The molecular weight excluding hydrogens is 434 g/mol. The fraction of sp³-hybridized carbons (Fsp3) is 0.500. The van der Waals surface area contributed by atoms with Gasteiger partial charge in [0.05, 0.1) is 11.6 Å². The zero-order valence-electron chi connectivity index (χ0n) is 19.6. The highest BCUT2D eigenvalue weighted by molar-refractivity contribution is 5.98. The Hall–Kier alpha value is -3.74. The highest BCUT2D eigenvalue weighted by Crippen LogP contribution is 2.56. The molecular formula is C24H27N7O3. The Morgan fingerprint density at radius 1 is 1.15 bits per heavy atom. The third-order valence-electron chi connectivity index (χ3n) is 6.64. The van der Waals surface area contributed by atoms with Crippen LogP contribution >= 0.6 is 0 Å². The Kier molecular flexibility index (Phi) is 5.15. The van der Waals surface area contributed by atoms with Gasteiger partial charge in [0.15, 0.2) is 0 Å². The van der Waals surface area contributed by atoms with Crippen LogP contribution in [0.4, 0.5) is 22.2 Å². The van der Waals surface area contributed by atoms with Crippen LogP contribution in [0.15, 0.2) is 24.7 Å². The average Bonchev–Trinajstić information content (AvgIpc) is 3.14. The number of carbonyl (C=O) groups excluding carboxylic acids is 2. The van der Waals surface area contributed by atoms with E-state index in [0.29, 0.717) is 36.8 Å². The minimum atomic E-state index is -0.623. The number of pyridine rings is 1. The highest BCUT2D eigenvalue weighted by Gasteiger charge is 2.51. The van der Waals surface area contributed by atoms with Gasteiger partial charge in [-0.05, 0) is 45.7 Å². The van der Waals surface area contributed by atoms with Gasteiger partial charge in [-0.3, -0.25) is 14.6 Å². The summed E-state index contributed by atoms with van der Waals surface area (Å²) in [6.45, 7) is 6.73. The molecule has 176 valence electrons. The van der Waals surface area contributed by atoms with Crippen molar-refractivity contribution in [3.63, 3.8) is 0 Å². The van der Waals surface area contributed by atoms with Crippen LogP contribution in [0.2, 0.25) is 0 Å². The van der Waals surface area contributed by atoms with Crippen molar-refractivity contribution in [3.05, 3.63) is 35.8 Å². The van der Waals surface area contributed by atoms with Crippen LogP contribution in [0.1, 0.15) is 51.2 Å². The Labute approximate surface area is 198 Å². The Morgan fingerprint density at radius 2 is 1.88 bits per heavy atom. The van der Waals surface area contributed by atoms with Gasteiger partial charge in [0.2, 0.25) is 5.91 Å². The summed E-state index contributed by atoms with van der Waals surface area (Å²) in [5, 5.41) is 9.32. The summed E-state index contributed by atoms with van der Waals surface area (Å²) in [4.78, 5) is 44.4. The van der Waals surface area contributed by atoms with Gasteiger partial charge in [0, 0.05) is 36.8 Å². The maximum Gasteiger partial charge on any atom is 0.410 e. The maximum atomic E-state index is 13.2. The number of anilines is 3. The standard InChI is InChI=1S/C24H27N7O3/c1-23(2,3)34-22(33)29-9-10-30(18(32)13-29)20-19-21(28-15-27-20)31(14-24(19)6-4-7-24)17-11-16(12-25)5-8-26-17/h5,8,11,15H,4,6-7,9-10,13-14H2,1-3H3. The molecule has 0 radical (unpaired) electrons. The van der Waals surface area contributed by atoms with Gasteiger partial charge in [-0.1, -0.05) is 6.42 Å². The molecule has 2 aromatic heterocycles. The molecule has 1 saturated carbocycles. The first-order chi connectivity index (χ1) is 16.2. The predicted octanol–water partition coefficient (Wildman–Crippen LogP) is 2.90. The Bertz CT molecular complexity index is 1200. The number of rotatable bonds is 2. The van der Waals surface area contributed by atoms with Crippen molar-refractivity contribution < 1.29 is 14.3 Å². The lowest BCUT2D eigenvalue weighted by molar-refractivity contribution is -0.121. The third-order valence-corrected chi connectivity index (χ3v) is 6.64. The van der Waals surface area contributed by atoms with E-state index in [1.54, 1.807) is 44.0 Å². The van der Waals surface area contributed by atoms with Crippen molar-refractivity contribution in [1.29, 1.82) is 5.26 Å². The Morgan fingerprint density at radius 3 is 2.50 bits per heavy atom. The molecule has 5 rings (SSSR count). The molecule has 0 bridgehead atoms. The molecule has 2 aliphatic heterocycles. The van der Waals surface area contributed by atoms with E-state index in [-0.39, 0.29) is 17.9 Å². The number of aromatic nitrogens is 3. The summed E-state index contributed by atoms with van der Waals surface area (Å²) in [6.07, 6.45) is 5.65. The van der Waals surface area contributed by atoms with Crippen LogP contribution in [0.25, 0.3) is 0 Å². The molecule has 0 aromatic carbocycles.